The number of piperidine rings is 1. The molecular formula is C16H28N4O. The molecule has 1 aliphatic rings. The maximum absolute atomic E-state index is 12.4. The summed E-state index contributed by atoms with van der Waals surface area (Å²) >= 11 is 0. The summed E-state index contributed by atoms with van der Waals surface area (Å²) in [6, 6.07) is -0.212. The van der Waals surface area contributed by atoms with E-state index in [0.717, 1.165) is 37.5 Å². The number of amides is 1. The number of carbonyl (C=O) groups excluding carboxylic acids is 1. The van der Waals surface area contributed by atoms with E-state index in [1.165, 1.54) is 0 Å². The predicted octanol–water partition coefficient (Wildman–Crippen LogP) is 2.70. The third kappa shape index (κ3) is 3.99. The third-order valence-corrected chi connectivity index (χ3v) is 4.12. The topological polar surface area (TPSA) is 50.2 Å². The zero-order chi connectivity index (χ0) is 15.6. The van der Waals surface area contributed by atoms with Crippen LogP contribution < -0.4 is 5.32 Å². The lowest BCUT2D eigenvalue weighted by Crippen LogP contribution is -2.45. The molecule has 5 heteroatoms. The quantitative estimate of drug-likeness (QED) is 0.932. The van der Waals surface area contributed by atoms with Gasteiger partial charge in [0.05, 0.1) is 17.4 Å². The molecule has 0 unspecified atom stereocenters. The van der Waals surface area contributed by atoms with Gasteiger partial charge in [-0.3, -0.25) is 9.48 Å². The molecule has 5 nitrogen and oxygen atoms in total. The summed E-state index contributed by atoms with van der Waals surface area (Å²) in [5.74, 6) is 0.924. The highest BCUT2D eigenvalue weighted by molar-refractivity contribution is 5.84. The van der Waals surface area contributed by atoms with E-state index >= 15 is 0 Å². The number of hydrogen-bond acceptors (Lipinski definition) is 3. The Morgan fingerprint density at radius 2 is 2.00 bits per heavy atom. The lowest BCUT2D eigenvalue weighted by Gasteiger charge is -2.32. The molecule has 0 aliphatic carbocycles. The number of carbonyl (C=O) groups is 1. The average Bonchev–Trinajstić information content (AvgIpc) is 2.87. The Labute approximate surface area is 127 Å². The second-order valence-electron chi connectivity index (χ2n) is 7.22. The van der Waals surface area contributed by atoms with Crippen molar-refractivity contribution in [3.05, 3.63) is 12.4 Å². The van der Waals surface area contributed by atoms with Gasteiger partial charge in [0.1, 0.15) is 6.04 Å². The van der Waals surface area contributed by atoms with Crippen molar-refractivity contribution in [2.75, 3.05) is 18.4 Å². The normalized spacial score (nSPS) is 18.6. The van der Waals surface area contributed by atoms with Gasteiger partial charge in [0.25, 0.3) is 0 Å². The van der Waals surface area contributed by atoms with Crippen molar-refractivity contribution >= 4 is 11.6 Å². The Bertz CT molecular complexity index is 481. The molecule has 1 amide bonds. The third-order valence-electron chi connectivity index (χ3n) is 4.12. The van der Waals surface area contributed by atoms with Crippen molar-refractivity contribution in [2.45, 2.75) is 59.0 Å². The summed E-state index contributed by atoms with van der Waals surface area (Å²) in [6.45, 7) is 12.3. The summed E-state index contributed by atoms with van der Waals surface area (Å²) in [6.07, 6.45) is 5.97. The minimum atomic E-state index is -0.212. The number of aromatic nitrogens is 2. The van der Waals surface area contributed by atoms with Gasteiger partial charge in [0.2, 0.25) is 5.91 Å². The molecule has 21 heavy (non-hydrogen) atoms. The van der Waals surface area contributed by atoms with Gasteiger partial charge in [-0.1, -0.05) is 6.92 Å². The number of anilines is 1. The summed E-state index contributed by atoms with van der Waals surface area (Å²) in [4.78, 5) is 14.4. The van der Waals surface area contributed by atoms with E-state index in [1.807, 2.05) is 22.7 Å². The van der Waals surface area contributed by atoms with Gasteiger partial charge >= 0.3 is 0 Å². The number of rotatable bonds is 3. The SMILES string of the molecule is CC1CCN(C(=O)[C@@H](C)Nc2cnn(C(C)(C)C)c2)CC1. The first-order chi connectivity index (χ1) is 9.77. The molecule has 1 aromatic heterocycles. The van der Waals surface area contributed by atoms with E-state index in [-0.39, 0.29) is 17.5 Å². The Balaban J connectivity index is 1.93. The first kappa shape index (κ1) is 15.9. The lowest BCUT2D eigenvalue weighted by molar-refractivity contribution is -0.132. The molecule has 0 radical (unpaired) electrons. The van der Waals surface area contributed by atoms with Gasteiger partial charge in [0.15, 0.2) is 0 Å². The van der Waals surface area contributed by atoms with Crippen molar-refractivity contribution in [3.8, 4) is 0 Å². The van der Waals surface area contributed by atoms with Crippen LogP contribution in [0.3, 0.4) is 0 Å². The Hall–Kier alpha value is -1.52. The molecule has 1 saturated heterocycles. The Kier molecular flexibility index (Phi) is 4.59. The van der Waals surface area contributed by atoms with Gasteiger partial charge in [-0.15, -0.1) is 0 Å². The molecular weight excluding hydrogens is 264 g/mol. The fourth-order valence-corrected chi connectivity index (χ4v) is 2.58. The molecule has 1 aliphatic heterocycles. The lowest BCUT2D eigenvalue weighted by atomic mass is 9.99. The molecule has 2 rings (SSSR count). The van der Waals surface area contributed by atoms with Crippen molar-refractivity contribution in [1.82, 2.24) is 14.7 Å². The van der Waals surface area contributed by atoms with E-state index in [1.54, 1.807) is 6.20 Å². The van der Waals surface area contributed by atoms with Crippen LogP contribution in [-0.2, 0) is 10.3 Å². The van der Waals surface area contributed by atoms with Crippen LogP contribution in [0.5, 0.6) is 0 Å². The van der Waals surface area contributed by atoms with Crippen LogP contribution >= 0.6 is 0 Å². The van der Waals surface area contributed by atoms with Gasteiger partial charge in [-0.25, -0.2) is 0 Å². The van der Waals surface area contributed by atoms with Crippen LogP contribution in [0.4, 0.5) is 5.69 Å². The standard InChI is InChI=1S/C16H28N4O/c1-12-6-8-19(9-7-12)15(21)13(2)18-14-10-17-20(11-14)16(3,4)5/h10-13,18H,6-9H2,1-5H3/t13-/m1/s1. The highest BCUT2D eigenvalue weighted by Gasteiger charge is 2.24. The van der Waals surface area contributed by atoms with Gasteiger partial charge in [-0.05, 0) is 46.5 Å². The summed E-state index contributed by atoms with van der Waals surface area (Å²) in [7, 11) is 0. The minimum absolute atomic E-state index is 0.0455. The predicted molar refractivity (Wildman–Crippen MR) is 85.3 cm³/mol. The fraction of sp³-hybridized carbons (Fsp3) is 0.750. The second-order valence-corrected chi connectivity index (χ2v) is 7.22. The van der Waals surface area contributed by atoms with Gasteiger partial charge < -0.3 is 10.2 Å². The Morgan fingerprint density at radius 1 is 1.38 bits per heavy atom. The summed E-state index contributed by atoms with van der Waals surface area (Å²) in [5.41, 5.74) is 0.854. The maximum Gasteiger partial charge on any atom is 0.244 e. The zero-order valence-corrected chi connectivity index (χ0v) is 13.9. The highest BCUT2D eigenvalue weighted by Crippen LogP contribution is 2.19. The first-order valence-corrected chi connectivity index (χ1v) is 7.88. The molecule has 1 fully saturated rings. The molecule has 0 aromatic carbocycles. The number of nitrogens with one attached hydrogen (secondary N) is 1. The van der Waals surface area contributed by atoms with Crippen molar-refractivity contribution in [1.29, 1.82) is 0 Å². The van der Waals surface area contributed by atoms with Crippen LogP contribution in [0, 0.1) is 5.92 Å². The number of hydrogen-bond donors (Lipinski definition) is 1. The van der Waals surface area contributed by atoms with Crippen molar-refractivity contribution in [3.63, 3.8) is 0 Å². The largest absolute Gasteiger partial charge is 0.371 e. The molecule has 1 N–H and O–H groups in total. The van der Waals surface area contributed by atoms with Crippen molar-refractivity contribution in [2.24, 2.45) is 5.92 Å². The molecule has 118 valence electrons. The Morgan fingerprint density at radius 3 is 2.52 bits per heavy atom. The van der Waals surface area contributed by atoms with E-state index in [4.69, 9.17) is 0 Å². The number of nitrogens with zero attached hydrogens (tertiary/aromatic N) is 3. The first-order valence-electron chi connectivity index (χ1n) is 7.88. The minimum Gasteiger partial charge on any atom is -0.371 e. The van der Waals surface area contributed by atoms with Crippen LogP contribution in [0.15, 0.2) is 12.4 Å². The molecule has 1 aromatic rings. The van der Waals surface area contributed by atoms with E-state index in [2.05, 4.69) is 38.1 Å². The summed E-state index contributed by atoms with van der Waals surface area (Å²) < 4.78 is 1.91. The number of likely N-dealkylation sites (tertiary alicyclic amines) is 1. The van der Waals surface area contributed by atoms with Gasteiger partial charge in [0, 0.05) is 19.3 Å². The van der Waals surface area contributed by atoms with Crippen LogP contribution in [0.1, 0.15) is 47.5 Å². The van der Waals surface area contributed by atoms with E-state index in [0.29, 0.717) is 0 Å². The van der Waals surface area contributed by atoms with Crippen molar-refractivity contribution < 1.29 is 4.79 Å². The molecule has 0 saturated carbocycles. The average molecular weight is 292 g/mol. The highest BCUT2D eigenvalue weighted by atomic mass is 16.2. The molecule has 0 spiro atoms. The van der Waals surface area contributed by atoms with Crippen LogP contribution in [0.25, 0.3) is 0 Å². The second kappa shape index (κ2) is 6.08. The van der Waals surface area contributed by atoms with Gasteiger partial charge in [-0.2, -0.15) is 5.10 Å². The van der Waals surface area contributed by atoms with Crippen LogP contribution in [-0.4, -0.2) is 39.7 Å². The monoisotopic (exact) mass is 292 g/mol. The van der Waals surface area contributed by atoms with Crippen LogP contribution in [0.2, 0.25) is 0 Å². The van der Waals surface area contributed by atoms with E-state index < -0.39 is 0 Å². The van der Waals surface area contributed by atoms with E-state index in [9.17, 15) is 4.79 Å². The molecule has 1 atom stereocenters. The smallest absolute Gasteiger partial charge is 0.244 e. The molecule has 2 heterocycles. The summed E-state index contributed by atoms with van der Waals surface area (Å²) in [5, 5.41) is 7.62. The molecule has 0 bridgehead atoms. The zero-order valence-electron chi connectivity index (χ0n) is 13.9. The maximum atomic E-state index is 12.4. The fourth-order valence-electron chi connectivity index (χ4n) is 2.58.